The quantitative estimate of drug-likeness (QED) is 0.569. The highest BCUT2D eigenvalue weighted by molar-refractivity contribution is 7.90. The topological polar surface area (TPSA) is 99.5 Å². The summed E-state index contributed by atoms with van der Waals surface area (Å²) in [6.07, 6.45) is 6.02. The molecule has 1 amide bonds. The molecule has 5 rings (SSSR count). The summed E-state index contributed by atoms with van der Waals surface area (Å²) in [6.45, 7) is 0. The Labute approximate surface area is 193 Å². The van der Waals surface area contributed by atoms with Crippen LogP contribution in [0.4, 0.5) is 0 Å². The zero-order valence-corrected chi connectivity index (χ0v) is 19.7. The summed E-state index contributed by atoms with van der Waals surface area (Å²) in [5, 5.41) is 0. The molecule has 0 radical (unpaired) electrons. The maximum atomic E-state index is 13.5. The number of nitrogens with one attached hydrogen (secondary N) is 1. The third kappa shape index (κ3) is 3.45. The van der Waals surface area contributed by atoms with Crippen molar-refractivity contribution in [1.29, 1.82) is 0 Å². The lowest BCUT2D eigenvalue weighted by atomic mass is 9.79. The SMILES string of the molecule is COc1cc(C2CCC2)cc(OC)c1C1(C(=O)NS(=O)(=O)c2cccc3ncn(C)c23)CC1. The van der Waals surface area contributed by atoms with Crippen molar-refractivity contribution >= 4 is 27.0 Å². The van der Waals surface area contributed by atoms with Crippen LogP contribution in [0.25, 0.3) is 11.0 Å². The van der Waals surface area contributed by atoms with Gasteiger partial charge in [0.25, 0.3) is 10.0 Å². The monoisotopic (exact) mass is 469 g/mol. The first kappa shape index (κ1) is 21.8. The van der Waals surface area contributed by atoms with Crippen molar-refractivity contribution in [3.8, 4) is 11.5 Å². The number of carbonyl (C=O) groups is 1. The number of methoxy groups -OCH3 is 2. The van der Waals surface area contributed by atoms with Gasteiger partial charge in [-0.05, 0) is 61.4 Å². The minimum absolute atomic E-state index is 0.0170. The normalized spacial score (nSPS) is 17.4. The van der Waals surface area contributed by atoms with Gasteiger partial charge in [-0.2, -0.15) is 0 Å². The predicted molar refractivity (Wildman–Crippen MR) is 123 cm³/mol. The molecule has 0 saturated heterocycles. The Bertz CT molecular complexity index is 1330. The Morgan fingerprint density at radius 3 is 2.36 bits per heavy atom. The van der Waals surface area contributed by atoms with Crippen molar-refractivity contribution in [3.63, 3.8) is 0 Å². The van der Waals surface area contributed by atoms with Crippen molar-refractivity contribution in [2.45, 2.75) is 48.3 Å². The molecule has 2 aliphatic rings. The second kappa shape index (κ2) is 7.76. The van der Waals surface area contributed by atoms with Gasteiger partial charge in [0.15, 0.2) is 0 Å². The fraction of sp³-hybridized carbons (Fsp3) is 0.417. The lowest BCUT2D eigenvalue weighted by Gasteiger charge is -2.28. The van der Waals surface area contributed by atoms with E-state index in [1.807, 2.05) is 12.1 Å². The van der Waals surface area contributed by atoms with Crippen LogP contribution in [0.2, 0.25) is 0 Å². The molecule has 0 spiro atoms. The molecule has 2 saturated carbocycles. The molecule has 0 aliphatic heterocycles. The number of aromatic nitrogens is 2. The number of benzene rings is 2. The first-order valence-corrected chi connectivity index (χ1v) is 12.5. The van der Waals surface area contributed by atoms with Gasteiger partial charge in [0.05, 0.1) is 42.6 Å². The summed E-state index contributed by atoms with van der Waals surface area (Å²) < 4.78 is 41.9. The number of rotatable bonds is 7. The molecule has 8 nitrogen and oxygen atoms in total. The van der Waals surface area contributed by atoms with Crippen LogP contribution in [0.5, 0.6) is 11.5 Å². The number of ether oxygens (including phenoxy) is 2. The van der Waals surface area contributed by atoms with E-state index >= 15 is 0 Å². The number of sulfonamides is 1. The van der Waals surface area contributed by atoms with Gasteiger partial charge >= 0.3 is 0 Å². The van der Waals surface area contributed by atoms with Crippen molar-refractivity contribution in [2.75, 3.05) is 14.2 Å². The van der Waals surface area contributed by atoms with Crippen LogP contribution >= 0.6 is 0 Å². The van der Waals surface area contributed by atoms with Crippen molar-refractivity contribution < 1.29 is 22.7 Å². The van der Waals surface area contributed by atoms with E-state index in [4.69, 9.17) is 9.47 Å². The molecule has 174 valence electrons. The second-order valence-electron chi connectivity index (χ2n) is 8.92. The molecule has 0 atom stereocenters. The highest BCUT2D eigenvalue weighted by Crippen LogP contribution is 2.56. The van der Waals surface area contributed by atoms with Gasteiger partial charge in [0.2, 0.25) is 5.91 Å². The highest BCUT2D eigenvalue weighted by Gasteiger charge is 2.56. The zero-order chi connectivity index (χ0) is 23.4. The fourth-order valence-corrected chi connectivity index (χ4v) is 6.07. The minimum Gasteiger partial charge on any atom is -0.496 e. The van der Waals surface area contributed by atoms with Crippen molar-refractivity contribution in [3.05, 3.63) is 47.8 Å². The van der Waals surface area contributed by atoms with Crippen molar-refractivity contribution in [2.24, 2.45) is 7.05 Å². The van der Waals surface area contributed by atoms with Crippen LogP contribution in [-0.2, 0) is 27.3 Å². The third-order valence-corrected chi connectivity index (χ3v) is 8.35. The standard InChI is InChI=1S/C24H27N3O5S/c1-27-14-25-17-8-5-9-20(22(17)27)33(29,30)26-23(28)24(10-11-24)21-18(31-2)12-16(13-19(21)32-3)15-6-4-7-15/h5,8-9,12-15H,4,6-7,10-11H2,1-3H3,(H,26,28). The number of carbonyl (C=O) groups excluding carboxylic acids is 1. The maximum Gasteiger partial charge on any atom is 0.266 e. The van der Waals surface area contributed by atoms with Crippen LogP contribution < -0.4 is 14.2 Å². The van der Waals surface area contributed by atoms with Gasteiger partial charge in [-0.25, -0.2) is 18.1 Å². The van der Waals surface area contributed by atoms with Crippen LogP contribution in [0.1, 0.15) is 49.1 Å². The second-order valence-corrected chi connectivity index (χ2v) is 10.6. The third-order valence-electron chi connectivity index (χ3n) is 6.98. The first-order valence-electron chi connectivity index (χ1n) is 11.0. The van der Waals surface area contributed by atoms with E-state index in [-0.39, 0.29) is 4.90 Å². The first-order chi connectivity index (χ1) is 15.8. The number of amides is 1. The van der Waals surface area contributed by atoms with Gasteiger partial charge in [0.1, 0.15) is 16.4 Å². The number of hydrogen-bond acceptors (Lipinski definition) is 6. The Kier molecular flexibility index (Phi) is 5.12. The molecule has 1 heterocycles. The average molecular weight is 470 g/mol. The molecule has 2 aliphatic carbocycles. The fourth-order valence-electron chi connectivity index (χ4n) is 4.76. The smallest absolute Gasteiger partial charge is 0.266 e. The van der Waals surface area contributed by atoms with E-state index in [0.717, 1.165) is 18.4 Å². The van der Waals surface area contributed by atoms with Gasteiger partial charge < -0.3 is 14.0 Å². The molecule has 1 N–H and O–H groups in total. The summed E-state index contributed by atoms with van der Waals surface area (Å²) in [5.74, 6) is 1.02. The van der Waals surface area contributed by atoms with Crippen LogP contribution in [-0.4, -0.2) is 38.1 Å². The van der Waals surface area contributed by atoms with E-state index in [1.165, 1.54) is 12.5 Å². The summed E-state index contributed by atoms with van der Waals surface area (Å²) in [7, 11) is 0.725. The number of nitrogens with zero attached hydrogens (tertiary/aromatic N) is 2. The molecule has 0 unspecified atom stereocenters. The number of aryl methyl sites for hydroxylation is 1. The summed E-state index contributed by atoms with van der Waals surface area (Å²) in [5.41, 5.74) is 1.72. The average Bonchev–Trinajstić information content (AvgIpc) is 3.48. The van der Waals surface area contributed by atoms with Crippen molar-refractivity contribution in [1.82, 2.24) is 14.3 Å². The zero-order valence-electron chi connectivity index (χ0n) is 18.9. The van der Waals surface area contributed by atoms with E-state index < -0.39 is 21.3 Å². The Balaban J connectivity index is 1.52. The van der Waals surface area contributed by atoms with Gasteiger partial charge in [-0.3, -0.25) is 4.79 Å². The number of imidazole rings is 1. The molecular formula is C24H27N3O5S. The molecule has 0 bridgehead atoms. The molecule has 2 fully saturated rings. The molecule has 1 aromatic heterocycles. The van der Waals surface area contributed by atoms with Crippen LogP contribution in [0.15, 0.2) is 41.6 Å². The molecule has 3 aromatic rings. The molecule has 33 heavy (non-hydrogen) atoms. The lowest BCUT2D eigenvalue weighted by molar-refractivity contribution is -0.121. The molecular weight excluding hydrogens is 442 g/mol. The number of fused-ring (bicyclic) bond motifs is 1. The number of hydrogen-bond donors (Lipinski definition) is 1. The summed E-state index contributed by atoms with van der Waals surface area (Å²) in [6, 6.07) is 8.78. The van der Waals surface area contributed by atoms with Crippen LogP contribution in [0, 0.1) is 0 Å². The van der Waals surface area contributed by atoms with E-state index in [2.05, 4.69) is 9.71 Å². The highest BCUT2D eigenvalue weighted by atomic mass is 32.2. The lowest BCUT2D eigenvalue weighted by Crippen LogP contribution is -2.39. The van der Waals surface area contributed by atoms with E-state index in [9.17, 15) is 13.2 Å². The van der Waals surface area contributed by atoms with Crippen LogP contribution in [0.3, 0.4) is 0 Å². The van der Waals surface area contributed by atoms with Gasteiger partial charge in [-0.15, -0.1) is 0 Å². The number of para-hydroxylation sites is 1. The predicted octanol–water partition coefficient (Wildman–Crippen LogP) is 3.39. The Morgan fingerprint density at radius 1 is 1.15 bits per heavy atom. The molecule has 2 aromatic carbocycles. The largest absolute Gasteiger partial charge is 0.496 e. The summed E-state index contributed by atoms with van der Waals surface area (Å²) in [4.78, 5) is 17.7. The molecule has 9 heteroatoms. The maximum absolute atomic E-state index is 13.5. The Hall–Kier alpha value is -3.07. The van der Waals surface area contributed by atoms with Gasteiger partial charge in [0, 0.05) is 7.05 Å². The van der Waals surface area contributed by atoms with Gasteiger partial charge in [-0.1, -0.05) is 12.5 Å². The van der Waals surface area contributed by atoms with E-state index in [0.29, 0.717) is 46.9 Å². The Morgan fingerprint density at radius 2 is 1.82 bits per heavy atom. The summed E-state index contributed by atoms with van der Waals surface area (Å²) >= 11 is 0. The minimum atomic E-state index is -4.13. The van der Waals surface area contributed by atoms with E-state index in [1.54, 1.807) is 44.3 Å².